The maximum absolute atomic E-state index is 16.7. The predicted molar refractivity (Wildman–Crippen MR) is 256 cm³/mol. The van der Waals surface area contributed by atoms with Gasteiger partial charge in [0.2, 0.25) is 0 Å². The highest BCUT2D eigenvalue weighted by Crippen LogP contribution is 2.53. The van der Waals surface area contributed by atoms with Gasteiger partial charge in [0.25, 0.3) is 0 Å². The van der Waals surface area contributed by atoms with Gasteiger partial charge in [-0.05, 0) is 96.4 Å². The third-order valence-electron chi connectivity index (χ3n) is 12.4. The number of fused-ring (bicyclic) bond motifs is 4. The van der Waals surface area contributed by atoms with Crippen molar-refractivity contribution in [2.24, 2.45) is 0 Å². The van der Waals surface area contributed by atoms with E-state index in [4.69, 9.17) is 4.98 Å². The molecule has 0 N–H and O–H groups in total. The average Bonchev–Trinajstić information content (AvgIpc) is 3.74. The minimum Gasteiger partial charge on any atom is -0.308 e. The number of hydrogen-bond acceptors (Lipinski definition) is 2. The van der Waals surface area contributed by atoms with Gasteiger partial charge in [-0.2, -0.15) is 0 Å². The fraction of sp³-hybridized carbons (Fsp3) is 0. The summed E-state index contributed by atoms with van der Waals surface area (Å²) in [6.45, 7) is 0. The molecule has 0 fully saturated rings. The van der Waals surface area contributed by atoms with Crippen LogP contribution in [0.5, 0.6) is 0 Å². The fourth-order valence-electron chi connectivity index (χ4n) is 9.74. The highest BCUT2D eigenvalue weighted by molar-refractivity contribution is 7.86. The van der Waals surface area contributed by atoms with E-state index in [0.29, 0.717) is 0 Å². The molecule has 0 spiro atoms. The Kier molecular flexibility index (Phi) is 8.13. The van der Waals surface area contributed by atoms with Crippen molar-refractivity contribution in [3.63, 3.8) is 0 Å². The summed E-state index contributed by atoms with van der Waals surface area (Å²) in [6, 6.07) is 78.8. The van der Waals surface area contributed by atoms with E-state index < -0.39 is 7.14 Å². The lowest BCUT2D eigenvalue weighted by molar-refractivity contribution is 0.592. The fourth-order valence-corrected chi connectivity index (χ4v) is 13.0. The molecule has 0 saturated heterocycles. The Morgan fingerprint density at radius 1 is 0.393 bits per heavy atom. The Balaban J connectivity index is 1.19. The Labute approximate surface area is 354 Å². The molecule has 2 heterocycles. The molecular weight excluding hydrogens is 760 g/mol. The molecule has 0 radical (unpaired) electrons. The van der Waals surface area contributed by atoms with E-state index in [2.05, 4.69) is 168 Å². The molecular formula is C57H37N2OP. The minimum atomic E-state index is -3.47. The van der Waals surface area contributed by atoms with Crippen molar-refractivity contribution in [2.75, 3.05) is 0 Å². The maximum atomic E-state index is 16.7. The Morgan fingerprint density at radius 3 is 1.67 bits per heavy atom. The van der Waals surface area contributed by atoms with Crippen LogP contribution in [0.4, 0.5) is 0 Å². The summed E-state index contributed by atoms with van der Waals surface area (Å²) in [5.74, 6) is 0.832. The molecule has 12 rings (SSSR count). The van der Waals surface area contributed by atoms with E-state index in [1.54, 1.807) is 0 Å². The summed E-state index contributed by atoms with van der Waals surface area (Å²) in [6.07, 6.45) is 0. The summed E-state index contributed by atoms with van der Waals surface area (Å²) in [7, 11) is -3.47. The Hall–Kier alpha value is -7.58. The van der Waals surface area contributed by atoms with Crippen LogP contribution in [-0.4, -0.2) is 9.55 Å². The predicted octanol–water partition coefficient (Wildman–Crippen LogP) is 13.6. The zero-order valence-electron chi connectivity index (χ0n) is 33.1. The highest BCUT2D eigenvalue weighted by Gasteiger charge is 2.42. The molecule has 1 aliphatic rings. The Bertz CT molecular complexity index is 3540. The minimum absolute atomic E-state index is 0.807. The van der Waals surface area contributed by atoms with E-state index in [1.807, 2.05) is 60.7 Å². The molecule has 0 amide bonds. The summed E-state index contributed by atoms with van der Waals surface area (Å²) in [5, 5.41) is 7.13. The first-order valence-corrected chi connectivity index (χ1v) is 22.4. The quantitative estimate of drug-likeness (QED) is 0.124. The van der Waals surface area contributed by atoms with Crippen molar-refractivity contribution in [1.82, 2.24) is 9.55 Å². The topological polar surface area (TPSA) is 34.9 Å². The smallest absolute Gasteiger partial charge is 0.175 e. The molecule has 1 aromatic heterocycles. The summed E-state index contributed by atoms with van der Waals surface area (Å²) in [4.78, 5) is 5.24. The van der Waals surface area contributed by atoms with E-state index in [9.17, 15) is 0 Å². The Morgan fingerprint density at radius 2 is 0.951 bits per heavy atom. The van der Waals surface area contributed by atoms with Gasteiger partial charge in [0.05, 0.1) is 22.0 Å². The van der Waals surface area contributed by atoms with E-state index in [1.165, 1.54) is 38.6 Å². The van der Waals surface area contributed by atoms with Gasteiger partial charge >= 0.3 is 0 Å². The summed E-state index contributed by atoms with van der Waals surface area (Å²) < 4.78 is 19.0. The van der Waals surface area contributed by atoms with Crippen molar-refractivity contribution in [3.8, 4) is 61.6 Å². The van der Waals surface area contributed by atoms with E-state index in [-0.39, 0.29) is 0 Å². The van der Waals surface area contributed by atoms with Gasteiger partial charge < -0.3 is 4.57 Å². The lowest BCUT2D eigenvalue weighted by atomic mass is 9.84. The standard InChI is InChI=1S/C57H37N2OP/c60-61(44-26-11-4-12-27-44)52-33-17-31-50-55(52)59(57(58-50)40-22-9-3-10-23-40)51-32-16-30-45(56(51)61)42-34-35-48-49(37-42)54(43-25-15-24-41(36-43)38-18-5-1-6-19-38)47-29-14-13-28-46(47)53(48)39-20-7-2-8-21-39/h1-37H. The molecule has 4 heteroatoms. The molecule has 1 aliphatic heterocycles. The van der Waals surface area contributed by atoms with Crippen LogP contribution in [-0.2, 0) is 4.57 Å². The third-order valence-corrected chi connectivity index (χ3v) is 15.5. The van der Waals surface area contributed by atoms with Crippen molar-refractivity contribution in [2.45, 2.75) is 0 Å². The maximum Gasteiger partial charge on any atom is 0.175 e. The summed E-state index contributed by atoms with van der Waals surface area (Å²) in [5.41, 5.74) is 12.6. The number of nitrogens with zero attached hydrogens (tertiary/aromatic N) is 2. The van der Waals surface area contributed by atoms with Crippen molar-refractivity contribution in [3.05, 3.63) is 224 Å². The van der Waals surface area contributed by atoms with Crippen LogP contribution in [0, 0.1) is 0 Å². The first-order chi connectivity index (χ1) is 30.2. The number of imidazole rings is 1. The van der Waals surface area contributed by atoms with Crippen LogP contribution in [0.2, 0.25) is 0 Å². The number of hydrogen-bond donors (Lipinski definition) is 0. The zero-order chi connectivity index (χ0) is 40.5. The number of para-hydroxylation sites is 1. The average molecular weight is 797 g/mol. The van der Waals surface area contributed by atoms with Crippen LogP contribution in [0.1, 0.15) is 0 Å². The second-order valence-corrected chi connectivity index (χ2v) is 18.4. The van der Waals surface area contributed by atoms with Gasteiger partial charge in [0.15, 0.2) is 7.14 Å². The van der Waals surface area contributed by atoms with Gasteiger partial charge in [-0.3, -0.25) is 4.57 Å². The van der Waals surface area contributed by atoms with Crippen molar-refractivity contribution in [1.29, 1.82) is 0 Å². The number of rotatable bonds is 6. The molecule has 61 heavy (non-hydrogen) atoms. The molecule has 3 nitrogen and oxygen atoms in total. The van der Waals surface area contributed by atoms with Gasteiger partial charge in [0, 0.05) is 16.2 Å². The van der Waals surface area contributed by atoms with Gasteiger partial charge in [-0.25, -0.2) is 4.98 Å². The second-order valence-electron chi connectivity index (χ2n) is 15.8. The van der Waals surface area contributed by atoms with Gasteiger partial charge in [-0.1, -0.05) is 194 Å². The normalized spacial score (nSPS) is 14.4. The van der Waals surface area contributed by atoms with Crippen LogP contribution < -0.4 is 15.9 Å². The largest absolute Gasteiger partial charge is 0.308 e. The molecule has 0 bridgehead atoms. The molecule has 0 aliphatic carbocycles. The van der Waals surface area contributed by atoms with Crippen LogP contribution in [0.25, 0.3) is 94.2 Å². The first-order valence-electron chi connectivity index (χ1n) is 20.7. The molecule has 0 saturated carbocycles. The SMILES string of the molecule is O=P1(c2ccccc2)c2c(-c3ccc4c(-c5ccccc5)c5ccccc5c(-c5cccc(-c6ccccc6)c5)c4c3)cccc2-n2c(-c3ccccc3)nc3cccc1c32. The van der Waals surface area contributed by atoms with Crippen LogP contribution in [0.3, 0.4) is 0 Å². The van der Waals surface area contributed by atoms with E-state index in [0.717, 1.165) is 71.5 Å². The summed E-state index contributed by atoms with van der Waals surface area (Å²) >= 11 is 0. The molecule has 286 valence electrons. The van der Waals surface area contributed by atoms with E-state index >= 15 is 4.57 Å². The van der Waals surface area contributed by atoms with Crippen molar-refractivity contribution >= 4 is 55.6 Å². The third kappa shape index (κ3) is 5.45. The lowest BCUT2D eigenvalue weighted by Crippen LogP contribution is -2.34. The number of aromatic nitrogens is 2. The molecule has 10 aromatic carbocycles. The second kappa shape index (κ2) is 14.0. The van der Waals surface area contributed by atoms with Gasteiger partial charge in [0.1, 0.15) is 5.82 Å². The van der Waals surface area contributed by atoms with Crippen LogP contribution in [0.15, 0.2) is 224 Å². The zero-order valence-corrected chi connectivity index (χ0v) is 34.0. The lowest BCUT2D eigenvalue weighted by Gasteiger charge is -2.31. The monoisotopic (exact) mass is 796 g/mol. The molecule has 11 aromatic rings. The van der Waals surface area contributed by atoms with Gasteiger partial charge in [-0.15, -0.1) is 0 Å². The van der Waals surface area contributed by atoms with Crippen molar-refractivity contribution < 1.29 is 4.57 Å². The molecule has 1 unspecified atom stereocenters. The highest BCUT2D eigenvalue weighted by atomic mass is 31.2. The molecule has 1 atom stereocenters. The number of benzene rings is 10. The first kappa shape index (κ1) is 35.4. The van der Waals surface area contributed by atoms with Crippen LogP contribution >= 0.6 is 7.14 Å².